The second kappa shape index (κ2) is 7.00. The van der Waals surface area contributed by atoms with E-state index in [0.29, 0.717) is 5.56 Å². The maximum atomic E-state index is 12.6. The van der Waals surface area contributed by atoms with Crippen LogP contribution in [-0.4, -0.2) is 10.8 Å². The maximum absolute atomic E-state index is 12.6. The van der Waals surface area contributed by atoms with Crippen molar-refractivity contribution < 1.29 is 4.79 Å². The summed E-state index contributed by atoms with van der Waals surface area (Å²) in [5.41, 5.74) is 3.92. The molecule has 3 nitrogen and oxygen atoms in total. The van der Waals surface area contributed by atoms with E-state index in [9.17, 15) is 4.79 Å². The number of hydrogen-bond donors (Lipinski definition) is 0. The summed E-state index contributed by atoms with van der Waals surface area (Å²) in [6.45, 7) is 6.01. The van der Waals surface area contributed by atoms with Crippen LogP contribution in [0.2, 0.25) is 0 Å². The molecule has 0 aliphatic rings. The van der Waals surface area contributed by atoms with Crippen LogP contribution in [0.3, 0.4) is 0 Å². The first-order chi connectivity index (χ1) is 10.6. The number of pyridine rings is 1. The number of carbonyl (C=O) groups excluding carboxylic acids is 1. The predicted molar refractivity (Wildman–Crippen MR) is 87.6 cm³/mol. The van der Waals surface area contributed by atoms with E-state index < -0.39 is 0 Å². The van der Waals surface area contributed by atoms with Crippen LogP contribution in [0.15, 0.2) is 36.5 Å². The van der Waals surface area contributed by atoms with Gasteiger partial charge < -0.3 is 0 Å². The van der Waals surface area contributed by atoms with E-state index in [1.807, 2.05) is 39.0 Å². The first-order valence-corrected chi connectivity index (χ1v) is 7.64. The number of carbonyl (C=O) groups is 1. The number of Topliss-reactive ketones (excluding diaryl/α,β-unsaturated/α-hetero) is 1. The second-order valence-corrected chi connectivity index (χ2v) is 5.45. The van der Waals surface area contributed by atoms with Gasteiger partial charge in [0.2, 0.25) is 0 Å². The zero-order chi connectivity index (χ0) is 16.1. The summed E-state index contributed by atoms with van der Waals surface area (Å²) in [6, 6.07) is 11.3. The minimum absolute atomic E-state index is 0.00555. The van der Waals surface area contributed by atoms with Crippen LogP contribution in [0.4, 0.5) is 0 Å². The molecule has 0 bridgehead atoms. The molecule has 2 rings (SSSR count). The molecule has 0 spiro atoms. The molecule has 1 heterocycles. The average Bonchev–Trinajstić information content (AvgIpc) is 2.59. The Bertz CT molecular complexity index is 728. The molecule has 0 amide bonds. The van der Waals surface area contributed by atoms with Crippen molar-refractivity contribution in [2.24, 2.45) is 5.92 Å². The summed E-state index contributed by atoms with van der Waals surface area (Å²) in [4.78, 5) is 17.0. The van der Waals surface area contributed by atoms with E-state index in [-0.39, 0.29) is 11.7 Å². The van der Waals surface area contributed by atoms with Gasteiger partial charge in [-0.3, -0.25) is 9.78 Å². The summed E-state index contributed by atoms with van der Waals surface area (Å²) in [6.07, 6.45) is 3.39. The van der Waals surface area contributed by atoms with Gasteiger partial charge in [0.05, 0.1) is 17.3 Å². The molecule has 0 N–H and O–H groups in total. The largest absolute Gasteiger partial charge is 0.294 e. The zero-order valence-electron chi connectivity index (χ0n) is 13.3. The molecule has 0 saturated carbocycles. The van der Waals surface area contributed by atoms with Crippen LogP contribution in [0.25, 0.3) is 11.3 Å². The molecule has 112 valence electrons. The van der Waals surface area contributed by atoms with Crippen LogP contribution in [0.5, 0.6) is 0 Å². The number of nitrogens with zero attached hydrogens (tertiary/aromatic N) is 2. The molecular formula is C19H20N2O. The Labute approximate surface area is 131 Å². The summed E-state index contributed by atoms with van der Waals surface area (Å²) < 4.78 is 0. The molecule has 22 heavy (non-hydrogen) atoms. The highest BCUT2D eigenvalue weighted by atomic mass is 16.1. The number of aryl methyl sites for hydroxylation is 1. The fraction of sp³-hybridized carbons (Fsp3) is 0.316. The van der Waals surface area contributed by atoms with E-state index in [1.165, 1.54) is 0 Å². The molecule has 1 aromatic carbocycles. The van der Waals surface area contributed by atoms with Crippen molar-refractivity contribution in [3.8, 4) is 17.3 Å². The number of aromatic nitrogens is 1. The van der Waals surface area contributed by atoms with Gasteiger partial charge in [0, 0.05) is 23.2 Å². The zero-order valence-corrected chi connectivity index (χ0v) is 13.3. The molecule has 1 atom stereocenters. The van der Waals surface area contributed by atoms with Crippen molar-refractivity contribution in [1.29, 1.82) is 5.26 Å². The lowest BCUT2D eigenvalue weighted by Gasteiger charge is -2.13. The second-order valence-electron chi connectivity index (χ2n) is 5.45. The Morgan fingerprint density at radius 3 is 2.73 bits per heavy atom. The fourth-order valence-corrected chi connectivity index (χ4v) is 2.35. The van der Waals surface area contributed by atoms with E-state index in [0.717, 1.165) is 35.2 Å². The Kier molecular flexibility index (Phi) is 5.06. The van der Waals surface area contributed by atoms with Gasteiger partial charge in [0.15, 0.2) is 5.78 Å². The van der Waals surface area contributed by atoms with Crippen LogP contribution in [-0.2, 0) is 6.42 Å². The lowest BCUT2D eigenvalue weighted by atomic mass is 9.92. The molecule has 3 heteroatoms. The first-order valence-electron chi connectivity index (χ1n) is 7.64. The van der Waals surface area contributed by atoms with Gasteiger partial charge >= 0.3 is 0 Å². The molecule has 1 aromatic heterocycles. The molecule has 0 saturated heterocycles. The van der Waals surface area contributed by atoms with Crippen LogP contribution < -0.4 is 0 Å². The third-order valence-electron chi connectivity index (χ3n) is 3.98. The van der Waals surface area contributed by atoms with Gasteiger partial charge in [-0.25, -0.2) is 0 Å². The number of rotatable bonds is 5. The molecular weight excluding hydrogens is 272 g/mol. The highest BCUT2D eigenvalue weighted by molar-refractivity contribution is 5.99. The minimum atomic E-state index is 0.00555. The van der Waals surface area contributed by atoms with E-state index in [2.05, 4.69) is 11.1 Å². The Hall–Kier alpha value is -2.47. The number of ketones is 1. The standard InChI is InChI=1S/C19H20N2O/c1-4-13(3)19(22)17-10-18(21-12-15(17)5-2)16-8-6-7-14(9-16)11-20/h6-10,12-13H,4-5H2,1-3H3. The first kappa shape index (κ1) is 15.9. The highest BCUT2D eigenvalue weighted by Crippen LogP contribution is 2.24. The van der Waals surface area contributed by atoms with Gasteiger partial charge in [-0.2, -0.15) is 5.26 Å². The van der Waals surface area contributed by atoms with Crippen molar-refractivity contribution >= 4 is 5.78 Å². The lowest BCUT2D eigenvalue weighted by molar-refractivity contribution is 0.0926. The Morgan fingerprint density at radius 2 is 2.09 bits per heavy atom. The molecule has 0 aliphatic heterocycles. The van der Waals surface area contributed by atoms with Crippen molar-refractivity contribution in [3.05, 3.63) is 53.2 Å². The van der Waals surface area contributed by atoms with E-state index in [4.69, 9.17) is 5.26 Å². The molecule has 2 aromatic rings. The molecule has 0 radical (unpaired) electrons. The van der Waals surface area contributed by atoms with Crippen LogP contribution in [0.1, 0.15) is 48.7 Å². The minimum Gasteiger partial charge on any atom is -0.294 e. The molecule has 0 aliphatic carbocycles. The van der Waals surface area contributed by atoms with Gasteiger partial charge in [-0.1, -0.05) is 32.9 Å². The third kappa shape index (κ3) is 3.23. The van der Waals surface area contributed by atoms with E-state index in [1.54, 1.807) is 18.3 Å². The molecule has 0 fully saturated rings. The average molecular weight is 292 g/mol. The molecule has 1 unspecified atom stereocenters. The van der Waals surface area contributed by atoms with Gasteiger partial charge in [0.25, 0.3) is 0 Å². The van der Waals surface area contributed by atoms with Gasteiger partial charge in [0.1, 0.15) is 0 Å². The van der Waals surface area contributed by atoms with Crippen molar-refractivity contribution in [2.45, 2.75) is 33.6 Å². The smallest absolute Gasteiger partial charge is 0.166 e. The van der Waals surface area contributed by atoms with Crippen LogP contribution >= 0.6 is 0 Å². The van der Waals surface area contributed by atoms with Crippen molar-refractivity contribution in [1.82, 2.24) is 4.98 Å². The topological polar surface area (TPSA) is 53.8 Å². The summed E-state index contributed by atoms with van der Waals surface area (Å²) in [5.74, 6) is 0.172. The summed E-state index contributed by atoms with van der Waals surface area (Å²) in [5, 5.41) is 9.01. The highest BCUT2D eigenvalue weighted by Gasteiger charge is 2.18. The predicted octanol–water partition coefficient (Wildman–Crippen LogP) is 4.41. The maximum Gasteiger partial charge on any atom is 0.166 e. The normalized spacial score (nSPS) is 11.7. The fourth-order valence-electron chi connectivity index (χ4n) is 2.35. The number of hydrogen-bond acceptors (Lipinski definition) is 3. The summed E-state index contributed by atoms with van der Waals surface area (Å²) >= 11 is 0. The quantitative estimate of drug-likeness (QED) is 0.767. The van der Waals surface area contributed by atoms with Gasteiger partial charge in [-0.15, -0.1) is 0 Å². The lowest BCUT2D eigenvalue weighted by Crippen LogP contribution is -2.13. The SMILES string of the molecule is CCc1cnc(-c2cccc(C#N)c2)cc1C(=O)C(C)CC. The summed E-state index contributed by atoms with van der Waals surface area (Å²) in [7, 11) is 0. The number of benzene rings is 1. The van der Waals surface area contributed by atoms with Crippen molar-refractivity contribution in [3.63, 3.8) is 0 Å². The monoisotopic (exact) mass is 292 g/mol. The van der Waals surface area contributed by atoms with Crippen molar-refractivity contribution in [2.75, 3.05) is 0 Å². The van der Waals surface area contributed by atoms with Gasteiger partial charge in [-0.05, 0) is 36.6 Å². The Morgan fingerprint density at radius 1 is 1.32 bits per heavy atom. The Balaban J connectivity index is 2.51. The number of nitriles is 1. The third-order valence-corrected chi connectivity index (χ3v) is 3.98. The van der Waals surface area contributed by atoms with E-state index >= 15 is 0 Å². The van der Waals surface area contributed by atoms with Crippen LogP contribution in [0, 0.1) is 17.2 Å².